The van der Waals surface area contributed by atoms with Gasteiger partial charge in [-0.05, 0) is 29.7 Å². The van der Waals surface area contributed by atoms with Gasteiger partial charge < -0.3 is 14.6 Å². The second-order valence-corrected chi connectivity index (χ2v) is 7.88. The van der Waals surface area contributed by atoms with Crippen LogP contribution >= 0.6 is 28.3 Å². The number of aliphatic hydroxyl groups excluding tert-OH is 1. The minimum Gasteiger partial charge on any atom is -0.389 e. The number of hydrogen-bond donors (Lipinski definition) is 1. The van der Waals surface area contributed by atoms with E-state index in [0.717, 1.165) is 35.1 Å². The van der Waals surface area contributed by atoms with Gasteiger partial charge >= 0.3 is 0 Å². The normalized spacial score (nSPS) is 19.6. The molecule has 0 spiro atoms. The lowest BCUT2D eigenvalue weighted by atomic mass is 10.1. The van der Waals surface area contributed by atoms with Crippen LogP contribution in [0, 0.1) is 0 Å². The van der Waals surface area contributed by atoms with Crippen LogP contribution in [0.15, 0.2) is 59.1 Å². The van der Waals surface area contributed by atoms with Crippen LogP contribution < -0.4 is 0 Å². The zero-order valence-corrected chi connectivity index (χ0v) is 18.6. The zero-order valence-electron chi connectivity index (χ0n) is 16.2. The van der Waals surface area contributed by atoms with Gasteiger partial charge in [0.1, 0.15) is 0 Å². The van der Waals surface area contributed by atoms with Crippen LogP contribution in [0.25, 0.3) is 0 Å². The standard InChI is InChI=1S/C22H28BrNO3.ClH/c1-2-21(17-7-4-3-5-8-17)27-16-20(25)14-24-11-12-26-22(15-24)18-9-6-10-19(23)13-18;/h3-10,13,20-22,25H,2,11-12,14-16H2,1H3;1H. The Kier molecular flexibility index (Phi) is 9.92. The maximum Gasteiger partial charge on any atom is 0.0952 e. The molecule has 28 heavy (non-hydrogen) atoms. The van der Waals surface area contributed by atoms with Gasteiger partial charge in [-0.25, -0.2) is 0 Å². The molecule has 2 aromatic rings. The maximum absolute atomic E-state index is 10.5. The Morgan fingerprint density at radius 3 is 2.71 bits per heavy atom. The fourth-order valence-corrected chi connectivity index (χ4v) is 3.89. The molecule has 3 atom stereocenters. The average molecular weight is 471 g/mol. The lowest BCUT2D eigenvalue weighted by Gasteiger charge is -2.34. The molecule has 154 valence electrons. The fraction of sp³-hybridized carbons (Fsp3) is 0.455. The number of β-amino-alcohol motifs (C(OH)–C–C–N with tert-alkyl or cyclic N) is 1. The molecule has 0 amide bonds. The minimum atomic E-state index is -0.510. The molecule has 1 aliphatic rings. The summed E-state index contributed by atoms with van der Waals surface area (Å²) in [6.45, 7) is 5.33. The van der Waals surface area contributed by atoms with Crippen molar-refractivity contribution in [3.8, 4) is 0 Å². The topological polar surface area (TPSA) is 41.9 Å². The second kappa shape index (κ2) is 11.9. The van der Waals surface area contributed by atoms with Gasteiger partial charge in [0.25, 0.3) is 0 Å². The predicted molar refractivity (Wildman–Crippen MR) is 118 cm³/mol. The molecule has 6 heteroatoms. The number of halogens is 2. The summed E-state index contributed by atoms with van der Waals surface area (Å²) in [6.07, 6.45) is 0.445. The largest absolute Gasteiger partial charge is 0.389 e. The molecule has 1 saturated heterocycles. The third kappa shape index (κ3) is 6.83. The molecule has 3 rings (SSSR count). The maximum atomic E-state index is 10.5. The van der Waals surface area contributed by atoms with E-state index in [2.05, 4.69) is 52.0 Å². The third-order valence-corrected chi connectivity index (χ3v) is 5.37. The van der Waals surface area contributed by atoms with Crippen LogP contribution in [0.5, 0.6) is 0 Å². The highest BCUT2D eigenvalue weighted by Gasteiger charge is 2.24. The molecule has 3 unspecified atom stereocenters. The van der Waals surface area contributed by atoms with Crippen LogP contribution in [0.1, 0.15) is 36.7 Å². The van der Waals surface area contributed by atoms with Gasteiger partial charge in [0.05, 0.1) is 31.5 Å². The molecule has 1 heterocycles. The SMILES string of the molecule is CCC(OCC(O)CN1CCOC(c2cccc(Br)c2)C1)c1ccccc1.Cl. The molecule has 0 bridgehead atoms. The highest BCUT2D eigenvalue weighted by Crippen LogP contribution is 2.25. The van der Waals surface area contributed by atoms with E-state index in [-0.39, 0.29) is 24.6 Å². The summed E-state index contributed by atoms with van der Waals surface area (Å²) in [5, 5.41) is 10.5. The Bertz CT molecular complexity index is 703. The Morgan fingerprint density at radius 2 is 2.00 bits per heavy atom. The van der Waals surface area contributed by atoms with Crippen molar-refractivity contribution < 1.29 is 14.6 Å². The number of benzene rings is 2. The molecule has 1 N–H and O–H groups in total. The first-order chi connectivity index (χ1) is 13.2. The number of rotatable bonds is 8. The predicted octanol–water partition coefficient (Wildman–Crippen LogP) is 4.77. The Hall–Kier alpha value is -0.950. The zero-order chi connectivity index (χ0) is 19.1. The summed E-state index contributed by atoms with van der Waals surface area (Å²) in [7, 11) is 0. The van der Waals surface area contributed by atoms with E-state index < -0.39 is 6.10 Å². The summed E-state index contributed by atoms with van der Waals surface area (Å²) in [6, 6.07) is 18.4. The summed E-state index contributed by atoms with van der Waals surface area (Å²) >= 11 is 3.52. The van der Waals surface area contributed by atoms with Crippen molar-refractivity contribution >= 4 is 28.3 Å². The number of hydrogen-bond acceptors (Lipinski definition) is 4. The summed E-state index contributed by atoms with van der Waals surface area (Å²) in [5.41, 5.74) is 2.32. The van der Waals surface area contributed by atoms with Crippen molar-refractivity contribution in [2.45, 2.75) is 31.7 Å². The Balaban J connectivity index is 0.00000280. The smallest absolute Gasteiger partial charge is 0.0952 e. The van der Waals surface area contributed by atoms with Gasteiger partial charge in [-0.3, -0.25) is 4.90 Å². The van der Waals surface area contributed by atoms with E-state index in [1.165, 1.54) is 0 Å². The van der Waals surface area contributed by atoms with E-state index in [1.54, 1.807) is 0 Å². The molecule has 0 aromatic heterocycles. The first-order valence-electron chi connectivity index (χ1n) is 9.59. The minimum absolute atomic E-state index is 0. The van der Waals surface area contributed by atoms with Gasteiger partial charge in [-0.2, -0.15) is 0 Å². The molecule has 4 nitrogen and oxygen atoms in total. The Labute approximate surface area is 182 Å². The van der Waals surface area contributed by atoms with E-state index in [1.807, 2.05) is 30.3 Å². The summed E-state index contributed by atoms with van der Waals surface area (Å²) in [5.74, 6) is 0. The molecule has 1 aliphatic heterocycles. The van der Waals surface area contributed by atoms with Crippen molar-refractivity contribution in [2.24, 2.45) is 0 Å². The van der Waals surface area contributed by atoms with Crippen molar-refractivity contribution in [2.75, 3.05) is 32.8 Å². The average Bonchev–Trinajstić information content (AvgIpc) is 2.69. The first-order valence-corrected chi connectivity index (χ1v) is 10.4. The Morgan fingerprint density at radius 1 is 1.21 bits per heavy atom. The molecule has 1 fully saturated rings. The molecule has 0 saturated carbocycles. The summed E-state index contributed by atoms with van der Waals surface area (Å²) < 4.78 is 13.0. The number of nitrogens with zero attached hydrogens (tertiary/aromatic N) is 1. The van der Waals surface area contributed by atoms with Crippen LogP contribution in [0.4, 0.5) is 0 Å². The molecule has 0 radical (unpaired) electrons. The number of ether oxygens (including phenoxy) is 2. The van der Waals surface area contributed by atoms with Gasteiger partial charge in [-0.1, -0.05) is 65.3 Å². The van der Waals surface area contributed by atoms with Crippen LogP contribution in [-0.4, -0.2) is 49.0 Å². The molecular formula is C22H29BrClNO3. The number of aliphatic hydroxyl groups is 1. The van der Waals surface area contributed by atoms with E-state index >= 15 is 0 Å². The van der Waals surface area contributed by atoms with Crippen LogP contribution in [-0.2, 0) is 9.47 Å². The van der Waals surface area contributed by atoms with Crippen LogP contribution in [0.3, 0.4) is 0 Å². The first kappa shape index (κ1) is 23.3. The summed E-state index contributed by atoms with van der Waals surface area (Å²) in [4.78, 5) is 2.26. The number of morpholine rings is 1. The monoisotopic (exact) mass is 469 g/mol. The third-order valence-electron chi connectivity index (χ3n) is 4.87. The van der Waals surface area contributed by atoms with Gasteiger partial charge in [0.2, 0.25) is 0 Å². The van der Waals surface area contributed by atoms with E-state index in [9.17, 15) is 5.11 Å². The van der Waals surface area contributed by atoms with E-state index in [0.29, 0.717) is 19.8 Å². The molecule has 0 aliphatic carbocycles. The highest BCUT2D eigenvalue weighted by molar-refractivity contribution is 9.10. The van der Waals surface area contributed by atoms with Crippen molar-refractivity contribution in [3.63, 3.8) is 0 Å². The fourth-order valence-electron chi connectivity index (χ4n) is 3.47. The van der Waals surface area contributed by atoms with Crippen LogP contribution in [0.2, 0.25) is 0 Å². The van der Waals surface area contributed by atoms with Crippen molar-refractivity contribution in [1.29, 1.82) is 0 Å². The quantitative estimate of drug-likeness (QED) is 0.603. The highest BCUT2D eigenvalue weighted by atomic mass is 79.9. The second-order valence-electron chi connectivity index (χ2n) is 6.97. The van der Waals surface area contributed by atoms with E-state index in [4.69, 9.17) is 9.47 Å². The van der Waals surface area contributed by atoms with Gasteiger partial charge in [-0.15, -0.1) is 12.4 Å². The van der Waals surface area contributed by atoms with Crippen molar-refractivity contribution in [3.05, 3.63) is 70.2 Å². The van der Waals surface area contributed by atoms with Crippen molar-refractivity contribution in [1.82, 2.24) is 4.90 Å². The lowest BCUT2D eigenvalue weighted by molar-refractivity contribution is -0.0616. The lowest BCUT2D eigenvalue weighted by Crippen LogP contribution is -2.43. The molecular weight excluding hydrogens is 442 g/mol. The van der Waals surface area contributed by atoms with Gasteiger partial charge in [0, 0.05) is 24.1 Å². The molecule has 2 aromatic carbocycles. The van der Waals surface area contributed by atoms with Gasteiger partial charge in [0.15, 0.2) is 0 Å².